The van der Waals surface area contributed by atoms with Crippen LogP contribution < -0.4 is 0 Å². The van der Waals surface area contributed by atoms with E-state index in [1.807, 2.05) is 6.08 Å². The van der Waals surface area contributed by atoms with E-state index in [2.05, 4.69) is 28.6 Å². The second-order valence-corrected chi connectivity index (χ2v) is 3.88. The van der Waals surface area contributed by atoms with Gasteiger partial charge >= 0.3 is 0 Å². The van der Waals surface area contributed by atoms with Gasteiger partial charge in [0.25, 0.3) is 0 Å². The largest absolute Gasteiger partial charge is 0.394 e. The van der Waals surface area contributed by atoms with Crippen LogP contribution in [0.1, 0.15) is 39.0 Å². The first-order valence-electron chi connectivity index (χ1n) is 5.58. The lowest BCUT2D eigenvalue weighted by atomic mass is 10.1. The molecule has 15 heavy (non-hydrogen) atoms. The first-order valence-corrected chi connectivity index (χ1v) is 6.50. The lowest BCUT2D eigenvalue weighted by Gasteiger charge is -2.12. The average Bonchev–Trinajstić information content (AvgIpc) is 2.27. The van der Waals surface area contributed by atoms with Gasteiger partial charge in [-0.1, -0.05) is 48.5 Å². The molecule has 0 aliphatic carbocycles. The third kappa shape index (κ3) is 10.2. The zero-order valence-electron chi connectivity index (χ0n) is 9.42. The van der Waals surface area contributed by atoms with Crippen LogP contribution in [-0.4, -0.2) is 24.4 Å². The smallest absolute Gasteiger partial charge is 0.0830 e. The summed E-state index contributed by atoms with van der Waals surface area (Å²) in [5.74, 6) is 0. The predicted molar refractivity (Wildman–Crippen MR) is 67.2 cm³/mol. The number of aliphatic hydroxyl groups is 1. The van der Waals surface area contributed by atoms with E-state index in [-0.39, 0.29) is 12.7 Å². The predicted octanol–water partition coefficient (Wildman–Crippen LogP) is 3.40. The van der Waals surface area contributed by atoms with E-state index in [0.29, 0.717) is 6.61 Å². The summed E-state index contributed by atoms with van der Waals surface area (Å²) in [7, 11) is 0. The van der Waals surface area contributed by atoms with Crippen molar-refractivity contribution >= 4 is 15.9 Å². The lowest BCUT2D eigenvalue weighted by Crippen LogP contribution is -2.12. The number of unbranched alkanes of at least 4 members (excludes halogenated alkanes) is 3. The second-order valence-electron chi connectivity index (χ2n) is 3.42. The van der Waals surface area contributed by atoms with Crippen molar-refractivity contribution in [1.29, 1.82) is 0 Å². The van der Waals surface area contributed by atoms with Crippen molar-refractivity contribution < 1.29 is 9.84 Å². The number of hydrogen-bond acceptors (Lipinski definition) is 2. The van der Waals surface area contributed by atoms with Crippen LogP contribution in [0, 0.1) is 0 Å². The molecule has 0 aromatic carbocycles. The van der Waals surface area contributed by atoms with Gasteiger partial charge in [0.1, 0.15) is 0 Å². The molecule has 0 aliphatic heterocycles. The van der Waals surface area contributed by atoms with Gasteiger partial charge in [0.2, 0.25) is 0 Å². The molecule has 3 heteroatoms. The van der Waals surface area contributed by atoms with Crippen molar-refractivity contribution in [2.24, 2.45) is 0 Å². The molecular formula is C12H21BrO2. The zero-order valence-corrected chi connectivity index (χ0v) is 11.0. The first-order chi connectivity index (χ1) is 7.35. The minimum absolute atomic E-state index is 0.0807. The van der Waals surface area contributed by atoms with Crippen molar-refractivity contribution in [1.82, 2.24) is 0 Å². The fourth-order valence-corrected chi connectivity index (χ4v) is 1.49. The van der Waals surface area contributed by atoms with Gasteiger partial charge < -0.3 is 9.84 Å². The van der Waals surface area contributed by atoms with Gasteiger partial charge in [-0.2, -0.15) is 0 Å². The molecule has 0 bridgehead atoms. The molecule has 0 heterocycles. The van der Waals surface area contributed by atoms with Gasteiger partial charge in [-0.05, 0) is 12.5 Å². The maximum absolute atomic E-state index is 8.67. The zero-order chi connectivity index (χ0) is 11.4. The second kappa shape index (κ2) is 12.0. The van der Waals surface area contributed by atoms with E-state index < -0.39 is 0 Å². The van der Waals surface area contributed by atoms with Crippen molar-refractivity contribution in [3.63, 3.8) is 0 Å². The van der Waals surface area contributed by atoms with Crippen LogP contribution in [0.15, 0.2) is 16.8 Å². The van der Waals surface area contributed by atoms with Gasteiger partial charge in [-0.15, -0.1) is 5.73 Å². The Morgan fingerprint density at radius 2 is 2.20 bits per heavy atom. The van der Waals surface area contributed by atoms with E-state index >= 15 is 0 Å². The summed E-state index contributed by atoms with van der Waals surface area (Å²) in [5.41, 5.74) is 2.96. The molecule has 0 aromatic heterocycles. The van der Waals surface area contributed by atoms with Crippen molar-refractivity contribution in [3.8, 4) is 0 Å². The number of ether oxygens (including phenoxy) is 1. The van der Waals surface area contributed by atoms with Crippen molar-refractivity contribution in [3.05, 3.63) is 16.8 Å². The molecule has 0 saturated carbocycles. The monoisotopic (exact) mass is 276 g/mol. The lowest BCUT2D eigenvalue weighted by molar-refractivity contribution is 0.0490. The molecule has 0 fully saturated rings. The van der Waals surface area contributed by atoms with Crippen LogP contribution in [0.4, 0.5) is 0 Å². The molecule has 1 atom stereocenters. The fraction of sp³-hybridized carbons (Fsp3) is 0.750. The van der Waals surface area contributed by atoms with Crippen LogP contribution in [0.25, 0.3) is 0 Å². The summed E-state index contributed by atoms with van der Waals surface area (Å²) in [5, 5.41) is 8.67. The van der Waals surface area contributed by atoms with Crippen LogP contribution in [0.5, 0.6) is 0 Å². The molecule has 0 radical (unpaired) electrons. The summed E-state index contributed by atoms with van der Waals surface area (Å²) in [6, 6.07) is 0. The highest BCUT2D eigenvalue weighted by Gasteiger charge is 2.03. The Kier molecular flexibility index (Phi) is 11.9. The van der Waals surface area contributed by atoms with Crippen LogP contribution in [0.3, 0.4) is 0 Å². The minimum atomic E-state index is 0.0807. The third-order valence-corrected chi connectivity index (χ3v) is 2.37. The molecule has 88 valence electrons. The average molecular weight is 277 g/mol. The standard InChI is InChI=1S/C12H21BrO2/c1-2-3-4-5-7-12(8-6-9-13)15-11-10-14/h8-9,12,14H,2-5,7,10-11H2,1H3/t6?,12-/m1/s1. The molecule has 0 aromatic rings. The molecule has 0 saturated heterocycles. The highest BCUT2D eigenvalue weighted by atomic mass is 79.9. The summed E-state index contributed by atoms with van der Waals surface area (Å²) in [6.45, 7) is 2.68. The minimum Gasteiger partial charge on any atom is -0.394 e. The van der Waals surface area contributed by atoms with Crippen LogP contribution >= 0.6 is 15.9 Å². The Labute approximate surface area is 101 Å². The quantitative estimate of drug-likeness (QED) is 0.517. The number of rotatable bonds is 9. The highest BCUT2D eigenvalue weighted by molar-refractivity contribution is 9.11. The van der Waals surface area contributed by atoms with E-state index in [1.165, 1.54) is 25.7 Å². The number of halogens is 1. The maximum Gasteiger partial charge on any atom is 0.0830 e. The topological polar surface area (TPSA) is 29.5 Å². The molecule has 0 rings (SSSR count). The highest BCUT2D eigenvalue weighted by Crippen LogP contribution is 2.09. The molecule has 0 aliphatic rings. The fourth-order valence-electron chi connectivity index (χ4n) is 1.33. The number of hydrogen-bond donors (Lipinski definition) is 1. The van der Waals surface area contributed by atoms with E-state index in [0.717, 1.165) is 6.42 Å². The Morgan fingerprint density at radius 1 is 1.40 bits per heavy atom. The Morgan fingerprint density at radius 3 is 2.80 bits per heavy atom. The molecule has 1 N–H and O–H groups in total. The van der Waals surface area contributed by atoms with Gasteiger partial charge in [-0.25, -0.2) is 0 Å². The van der Waals surface area contributed by atoms with Gasteiger partial charge in [-0.3, -0.25) is 0 Å². The molecular weight excluding hydrogens is 256 g/mol. The summed E-state index contributed by atoms with van der Waals surface area (Å²) in [4.78, 5) is 1.69. The van der Waals surface area contributed by atoms with Crippen molar-refractivity contribution in [2.45, 2.75) is 45.1 Å². The van der Waals surface area contributed by atoms with Crippen LogP contribution in [0.2, 0.25) is 0 Å². The summed E-state index contributed by atoms with van der Waals surface area (Å²) >= 11 is 3.17. The maximum atomic E-state index is 8.67. The Bertz CT molecular complexity index is 186. The number of aliphatic hydroxyl groups excluding tert-OH is 1. The van der Waals surface area contributed by atoms with Gasteiger partial charge in [0.15, 0.2) is 0 Å². The first kappa shape index (κ1) is 14.9. The van der Waals surface area contributed by atoms with Crippen molar-refractivity contribution in [2.75, 3.05) is 13.2 Å². The Hall–Kier alpha value is -0.0800. The van der Waals surface area contributed by atoms with Gasteiger partial charge in [0.05, 0.1) is 19.3 Å². The summed E-state index contributed by atoms with van der Waals surface area (Å²) < 4.78 is 5.46. The normalized spacial score (nSPS) is 11.9. The molecule has 0 amide bonds. The van der Waals surface area contributed by atoms with E-state index in [9.17, 15) is 0 Å². The third-order valence-electron chi connectivity index (χ3n) is 2.11. The molecule has 2 nitrogen and oxygen atoms in total. The SMILES string of the molecule is CCCCCC[C@H](C=C=CBr)OCCO. The Balaban J connectivity index is 3.74. The van der Waals surface area contributed by atoms with E-state index in [4.69, 9.17) is 9.84 Å². The van der Waals surface area contributed by atoms with Crippen LogP contribution in [-0.2, 0) is 4.74 Å². The van der Waals surface area contributed by atoms with E-state index in [1.54, 1.807) is 4.99 Å². The molecule has 0 spiro atoms. The summed E-state index contributed by atoms with van der Waals surface area (Å²) in [6.07, 6.45) is 7.95. The van der Waals surface area contributed by atoms with Gasteiger partial charge in [0, 0.05) is 4.99 Å². The molecule has 0 unspecified atom stereocenters.